The Morgan fingerprint density at radius 3 is 2.71 bits per heavy atom. The molecule has 2 saturated heterocycles. The molecule has 0 N–H and O–H groups in total. The van der Waals surface area contributed by atoms with Gasteiger partial charge in [-0.2, -0.15) is 4.98 Å². The van der Waals surface area contributed by atoms with E-state index in [1.165, 1.54) is 16.9 Å². The molecule has 2 fully saturated rings. The molecule has 4 aromatic rings. The van der Waals surface area contributed by atoms with E-state index in [0.29, 0.717) is 28.4 Å². The number of nitrogens with zero attached hydrogens (tertiary/aromatic N) is 4. The number of thiazole rings is 1. The standard InChI is InChI=1S/C26H28N4O4S/c1-26(2,3)34-25(31)30-13-16-10-29(11-17(16)14-30)12-18-15-32-21-9-19(6-7-20(18)21)33-24-28-23-22(35-24)5-4-8-27-23/h4-9,15-17H,10-14H2,1-3H3. The van der Waals surface area contributed by atoms with Crippen molar-refractivity contribution in [2.75, 3.05) is 26.2 Å². The van der Waals surface area contributed by atoms with Crippen molar-refractivity contribution in [3.63, 3.8) is 0 Å². The molecule has 5 heterocycles. The second-order valence-corrected chi connectivity index (χ2v) is 11.4. The minimum Gasteiger partial charge on any atom is -0.464 e. The summed E-state index contributed by atoms with van der Waals surface area (Å²) in [6.07, 6.45) is 3.38. The number of aromatic nitrogens is 2. The molecule has 0 radical (unpaired) electrons. The first kappa shape index (κ1) is 22.3. The highest BCUT2D eigenvalue weighted by Gasteiger charge is 2.42. The van der Waals surface area contributed by atoms with Crippen LogP contribution in [0.25, 0.3) is 21.3 Å². The molecule has 6 rings (SSSR count). The summed E-state index contributed by atoms with van der Waals surface area (Å²) >= 11 is 1.47. The quantitative estimate of drug-likeness (QED) is 0.371. The maximum absolute atomic E-state index is 12.4. The fourth-order valence-electron chi connectivity index (χ4n) is 5.08. The summed E-state index contributed by atoms with van der Waals surface area (Å²) in [5.74, 6) is 1.67. The van der Waals surface area contributed by atoms with Crippen LogP contribution in [-0.2, 0) is 11.3 Å². The summed E-state index contributed by atoms with van der Waals surface area (Å²) in [6.45, 7) is 10.0. The normalized spacial score (nSPS) is 20.6. The molecule has 9 heteroatoms. The predicted octanol–water partition coefficient (Wildman–Crippen LogP) is 5.53. The molecule has 2 unspecified atom stereocenters. The summed E-state index contributed by atoms with van der Waals surface area (Å²) in [7, 11) is 0. The number of amides is 1. The van der Waals surface area contributed by atoms with Crippen molar-refractivity contribution < 1.29 is 18.7 Å². The highest BCUT2D eigenvalue weighted by molar-refractivity contribution is 7.20. The summed E-state index contributed by atoms with van der Waals surface area (Å²) in [4.78, 5) is 25.5. The van der Waals surface area contributed by atoms with Crippen molar-refractivity contribution in [3.05, 3.63) is 48.4 Å². The Morgan fingerprint density at radius 1 is 1.17 bits per heavy atom. The van der Waals surface area contributed by atoms with Crippen molar-refractivity contribution in [2.24, 2.45) is 11.8 Å². The average molecular weight is 493 g/mol. The van der Waals surface area contributed by atoms with Gasteiger partial charge in [0.1, 0.15) is 16.9 Å². The monoisotopic (exact) mass is 492 g/mol. The molecular formula is C26H28N4O4S. The Morgan fingerprint density at radius 2 is 1.97 bits per heavy atom. The molecule has 35 heavy (non-hydrogen) atoms. The lowest BCUT2D eigenvalue weighted by Gasteiger charge is -2.26. The Labute approximate surface area is 207 Å². The summed E-state index contributed by atoms with van der Waals surface area (Å²) in [5, 5.41) is 1.66. The third-order valence-corrected chi connectivity index (χ3v) is 7.47. The molecule has 8 nitrogen and oxygen atoms in total. The van der Waals surface area contributed by atoms with Crippen LogP contribution in [0.5, 0.6) is 10.9 Å². The number of pyridine rings is 1. The van der Waals surface area contributed by atoms with Crippen LogP contribution in [0, 0.1) is 11.8 Å². The Balaban J connectivity index is 1.09. The van der Waals surface area contributed by atoms with Gasteiger partial charge in [0.25, 0.3) is 5.19 Å². The van der Waals surface area contributed by atoms with Crippen molar-refractivity contribution in [1.29, 1.82) is 0 Å². The summed E-state index contributed by atoms with van der Waals surface area (Å²) in [5.41, 5.74) is 2.20. The SMILES string of the molecule is CC(C)(C)OC(=O)N1CC2CN(Cc3coc4cc(Oc5nc6ncccc6s5)ccc34)CC2C1. The number of rotatable bonds is 4. The smallest absolute Gasteiger partial charge is 0.410 e. The minimum absolute atomic E-state index is 0.195. The third kappa shape index (κ3) is 4.58. The van der Waals surface area contributed by atoms with Gasteiger partial charge in [-0.15, -0.1) is 0 Å². The fraction of sp³-hybridized carbons (Fsp3) is 0.423. The molecule has 3 aromatic heterocycles. The number of fused-ring (bicyclic) bond motifs is 3. The second kappa shape index (κ2) is 8.49. The number of carbonyl (C=O) groups is 1. The molecule has 2 aliphatic rings. The van der Waals surface area contributed by atoms with Gasteiger partial charge < -0.3 is 18.8 Å². The van der Waals surface area contributed by atoms with E-state index in [2.05, 4.69) is 20.9 Å². The number of carbonyl (C=O) groups excluding carboxylic acids is 1. The fourth-order valence-corrected chi connectivity index (χ4v) is 5.87. The number of benzene rings is 1. The van der Waals surface area contributed by atoms with Gasteiger partial charge in [0.05, 0.1) is 11.0 Å². The zero-order valence-electron chi connectivity index (χ0n) is 20.1. The van der Waals surface area contributed by atoms with Crippen LogP contribution in [0.1, 0.15) is 26.3 Å². The maximum atomic E-state index is 12.4. The van der Waals surface area contributed by atoms with Gasteiger partial charge in [-0.1, -0.05) is 11.3 Å². The van der Waals surface area contributed by atoms with Crippen LogP contribution in [-0.4, -0.2) is 57.6 Å². The zero-order chi connectivity index (χ0) is 24.2. The van der Waals surface area contributed by atoms with E-state index in [1.807, 2.05) is 56.2 Å². The van der Waals surface area contributed by atoms with Gasteiger partial charge in [-0.05, 0) is 56.9 Å². The summed E-state index contributed by atoms with van der Waals surface area (Å²) in [6, 6.07) is 9.80. The molecule has 1 amide bonds. The molecular weight excluding hydrogens is 464 g/mol. The zero-order valence-corrected chi connectivity index (χ0v) is 20.9. The van der Waals surface area contributed by atoms with Crippen LogP contribution in [0.3, 0.4) is 0 Å². The number of hydrogen-bond donors (Lipinski definition) is 0. The van der Waals surface area contributed by atoms with Crippen molar-refractivity contribution >= 4 is 38.7 Å². The first-order valence-electron chi connectivity index (χ1n) is 11.9. The Hall–Kier alpha value is -3.17. The second-order valence-electron chi connectivity index (χ2n) is 10.4. The van der Waals surface area contributed by atoms with Gasteiger partial charge >= 0.3 is 6.09 Å². The molecule has 1 aromatic carbocycles. The molecule has 0 saturated carbocycles. The van der Waals surface area contributed by atoms with Crippen LogP contribution in [0.4, 0.5) is 4.79 Å². The van der Waals surface area contributed by atoms with Gasteiger partial charge in [-0.25, -0.2) is 9.78 Å². The maximum Gasteiger partial charge on any atom is 0.410 e. The highest BCUT2D eigenvalue weighted by atomic mass is 32.1. The Kier molecular flexibility index (Phi) is 5.41. The van der Waals surface area contributed by atoms with Crippen LogP contribution in [0.15, 0.2) is 47.2 Å². The third-order valence-electron chi connectivity index (χ3n) is 6.59. The van der Waals surface area contributed by atoms with Gasteiger partial charge in [0.2, 0.25) is 0 Å². The predicted molar refractivity (Wildman–Crippen MR) is 134 cm³/mol. The van der Waals surface area contributed by atoms with Crippen LogP contribution < -0.4 is 4.74 Å². The molecule has 0 bridgehead atoms. The lowest BCUT2D eigenvalue weighted by Crippen LogP contribution is -2.37. The molecule has 2 atom stereocenters. The largest absolute Gasteiger partial charge is 0.464 e. The first-order valence-corrected chi connectivity index (χ1v) is 12.7. The summed E-state index contributed by atoms with van der Waals surface area (Å²) < 4.78 is 18.4. The minimum atomic E-state index is -0.459. The molecule has 182 valence electrons. The lowest BCUT2D eigenvalue weighted by atomic mass is 10.0. The van der Waals surface area contributed by atoms with Crippen LogP contribution in [0.2, 0.25) is 0 Å². The number of hydrogen-bond acceptors (Lipinski definition) is 8. The number of ether oxygens (including phenoxy) is 2. The van der Waals surface area contributed by atoms with Gasteiger partial charge in [0, 0.05) is 55.9 Å². The van der Waals surface area contributed by atoms with Crippen molar-refractivity contribution in [3.8, 4) is 10.9 Å². The van der Waals surface area contributed by atoms with E-state index in [9.17, 15) is 4.79 Å². The topological polar surface area (TPSA) is 80.9 Å². The van der Waals surface area contributed by atoms with E-state index in [-0.39, 0.29) is 6.09 Å². The van der Waals surface area contributed by atoms with E-state index in [0.717, 1.165) is 48.4 Å². The number of likely N-dealkylation sites (tertiary alicyclic amines) is 2. The molecule has 2 aliphatic heterocycles. The van der Waals surface area contributed by atoms with Crippen LogP contribution >= 0.6 is 11.3 Å². The van der Waals surface area contributed by atoms with E-state index in [1.54, 1.807) is 6.20 Å². The average Bonchev–Trinajstić information content (AvgIpc) is 3.54. The van der Waals surface area contributed by atoms with Gasteiger partial charge in [-0.3, -0.25) is 4.90 Å². The Bertz CT molecular complexity index is 1340. The van der Waals surface area contributed by atoms with E-state index in [4.69, 9.17) is 13.9 Å². The van der Waals surface area contributed by atoms with E-state index >= 15 is 0 Å². The highest BCUT2D eigenvalue weighted by Crippen LogP contribution is 2.35. The molecule has 0 aliphatic carbocycles. The van der Waals surface area contributed by atoms with Gasteiger partial charge in [0.15, 0.2) is 5.65 Å². The van der Waals surface area contributed by atoms with E-state index < -0.39 is 5.60 Å². The number of furan rings is 1. The first-order chi connectivity index (χ1) is 16.8. The van der Waals surface area contributed by atoms with Crippen molar-refractivity contribution in [2.45, 2.75) is 32.9 Å². The van der Waals surface area contributed by atoms with Crippen molar-refractivity contribution in [1.82, 2.24) is 19.8 Å². The lowest BCUT2D eigenvalue weighted by molar-refractivity contribution is 0.0274. The molecule has 0 spiro atoms.